The second-order valence-electron chi connectivity index (χ2n) is 5.56. The fourth-order valence-electron chi connectivity index (χ4n) is 2.36. The molecule has 1 heterocycles. The Kier molecular flexibility index (Phi) is 5.68. The van der Waals surface area contributed by atoms with Gasteiger partial charge in [-0.1, -0.05) is 23.7 Å². The van der Waals surface area contributed by atoms with E-state index in [1.165, 1.54) is 13.3 Å². The Morgan fingerprint density at radius 2 is 1.74 bits per heavy atom. The summed E-state index contributed by atoms with van der Waals surface area (Å²) in [7, 11) is 1.33. The first-order valence-corrected chi connectivity index (χ1v) is 8.42. The third kappa shape index (κ3) is 4.62. The number of ether oxygens (including phenoxy) is 1. The molecule has 2 aromatic carbocycles. The van der Waals surface area contributed by atoms with Crippen molar-refractivity contribution in [1.29, 1.82) is 0 Å². The van der Waals surface area contributed by atoms with Crippen LogP contribution in [0.1, 0.15) is 20.7 Å². The minimum atomic E-state index is -0.440. The van der Waals surface area contributed by atoms with Crippen LogP contribution in [-0.2, 0) is 4.74 Å². The Morgan fingerprint density at radius 3 is 2.41 bits per heavy atom. The molecule has 0 atom stereocenters. The monoisotopic (exact) mass is 381 g/mol. The molecule has 0 unspecified atom stereocenters. The maximum absolute atomic E-state index is 12.2. The number of para-hydroxylation sites is 1. The van der Waals surface area contributed by atoms with Gasteiger partial charge in [-0.05, 0) is 48.5 Å². The third-order valence-electron chi connectivity index (χ3n) is 3.72. The van der Waals surface area contributed by atoms with E-state index >= 15 is 0 Å². The predicted molar refractivity (Wildman–Crippen MR) is 105 cm³/mol. The van der Waals surface area contributed by atoms with Gasteiger partial charge >= 0.3 is 5.97 Å². The lowest BCUT2D eigenvalue weighted by atomic mass is 10.2. The first-order chi connectivity index (χ1) is 13.1. The number of carbonyl (C=O) groups is 2. The van der Waals surface area contributed by atoms with E-state index in [0.717, 1.165) is 0 Å². The molecular formula is C20H16ClN3O3. The van der Waals surface area contributed by atoms with E-state index in [0.29, 0.717) is 33.3 Å². The number of benzene rings is 2. The van der Waals surface area contributed by atoms with Gasteiger partial charge in [-0.25, -0.2) is 9.78 Å². The number of hydrogen-bond acceptors (Lipinski definition) is 5. The highest BCUT2D eigenvalue weighted by Gasteiger charge is 2.11. The minimum absolute atomic E-state index is 0.259. The van der Waals surface area contributed by atoms with Crippen molar-refractivity contribution >= 4 is 40.7 Å². The number of anilines is 3. The molecule has 0 aliphatic rings. The Morgan fingerprint density at radius 1 is 1.00 bits per heavy atom. The van der Waals surface area contributed by atoms with Crippen LogP contribution in [0.5, 0.6) is 0 Å². The maximum Gasteiger partial charge on any atom is 0.339 e. The van der Waals surface area contributed by atoms with Crippen molar-refractivity contribution in [2.45, 2.75) is 0 Å². The lowest BCUT2D eigenvalue weighted by molar-refractivity contribution is 0.0601. The van der Waals surface area contributed by atoms with E-state index < -0.39 is 5.97 Å². The molecule has 0 saturated carbocycles. The van der Waals surface area contributed by atoms with Crippen molar-refractivity contribution in [3.05, 3.63) is 83.0 Å². The standard InChI is InChI=1S/C20H16ClN3O3/c1-27-20(26)16-4-2-3-5-17(16)24-18-11-10-15(12-22-18)23-19(25)13-6-8-14(21)9-7-13/h2-12H,1H3,(H,22,24)(H,23,25). The molecule has 7 heteroatoms. The fraction of sp³-hybridized carbons (Fsp3) is 0.0500. The van der Waals surface area contributed by atoms with E-state index in [9.17, 15) is 9.59 Å². The molecule has 0 bridgehead atoms. The molecule has 0 fully saturated rings. The van der Waals surface area contributed by atoms with Gasteiger partial charge in [0, 0.05) is 10.6 Å². The number of aromatic nitrogens is 1. The summed E-state index contributed by atoms with van der Waals surface area (Å²) in [6, 6.07) is 17.0. The second-order valence-corrected chi connectivity index (χ2v) is 5.99. The Balaban J connectivity index is 1.70. The smallest absolute Gasteiger partial charge is 0.339 e. The van der Waals surface area contributed by atoms with Gasteiger partial charge < -0.3 is 15.4 Å². The topological polar surface area (TPSA) is 80.3 Å². The summed E-state index contributed by atoms with van der Waals surface area (Å²) in [5.74, 6) is -0.175. The van der Waals surface area contributed by atoms with E-state index in [-0.39, 0.29) is 5.91 Å². The molecule has 0 aliphatic heterocycles. The predicted octanol–water partition coefficient (Wildman–Crippen LogP) is 4.52. The molecule has 0 radical (unpaired) electrons. The van der Waals surface area contributed by atoms with Crippen LogP contribution < -0.4 is 10.6 Å². The lowest BCUT2D eigenvalue weighted by Gasteiger charge is -2.11. The van der Waals surface area contributed by atoms with Gasteiger partial charge in [0.2, 0.25) is 0 Å². The molecular weight excluding hydrogens is 366 g/mol. The summed E-state index contributed by atoms with van der Waals surface area (Å²) < 4.78 is 4.77. The zero-order chi connectivity index (χ0) is 19.2. The molecule has 136 valence electrons. The van der Waals surface area contributed by atoms with Crippen LogP contribution in [0, 0.1) is 0 Å². The first-order valence-electron chi connectivity index (χ1n) is 8.04. The van der Waals surface area contributed by atoms with Crippen LogP contribution >= 0.6 is 11.6 Å². The minimum Gasteiger partial charge on any atom is -0.465 e. The van der Waals surface area contributed by atoms with Gasteiger partial charge in [0.1, 0.15) is 5.82 Å². The molecule has 1 amide bonds. The highest BCUT2D eigenvalue weighted by Crippen LogP contribution is 2.21. The number of carbonyl (C=O) groups excluding carboxylic acids is 2. The molecule has 1 aromatic heterocycles. The van der Waals surface area contributed by atoms with Gasteiger partial charge in [-0.3, -0.25) is 4.79 Å². The van der Waals surface area contributed by atoms with E-state index in [1.54, 1.807) is 60.7 Å². The van der Waals surface area contributed by atoms with Crippen molar-refractivity contribution in [3.8, 4) is 0 Å². The number of nitrogens with one attached hydrogen (secondary N) is 2. The summed E-state index contributed by atoms with van der Waals surface area (Å²) in [5, 5.41) is 6.39. The van der Waals surface area contributed by atoms with E-state index in [4.69, 9.17) is 16.3 Å². The normalized spacial score (nSPS) is 10.1. The number of hydrogen-bond donors (Lipinski definition) is 2. The van der Waals surface area contributed by atoms with Crippen LogP contribution in [0.15, 0.2) is 66.9 Å². The summed E-state index contributed by atoms with van der Waals surface area (Å²) in [5.41, 5.74) is 2.02. The van der Waals surface area contributed by atoms with Crippen LogP contribution in [-0.4, -0.2) is 24.0 Å². The van der Waals surface area contributed by atoms with Crippen molar-refractivity contribution in [1.82, 2.24) is 4.98 Å². The summed E-state index contributed by atoms with van der Waals surface area (Å²) in [6.45, 7) is 0. The quantitative estimate of drug-likeness (QED) is 0.635. The van der Waals surface area contributed by atoms with Crippen molar-refractivity contribution < 1.29 is 14.3 Å². The number of methoxy groups -OCH3 is 1. The van der Waals surface area contributed by atoms with Gasteiger partial charge in [-0.15, -0.1) is 0 Å². The maximum atomic E-state index is 12.2. The summed E-state index contributed by atoms with van der Waals surface area (Å²) in [6.07, 6.45) is 1.52. The molecule has 27 heavy (non-hydrogen) atoms. The molecule has 0 saturated heterocycles. The van der Waals surface area contributed by atoms with Crippen LogP contribution in [0.4, 0.5) is 17.2 Å². The van der Waals surface area contributed by atoms with E-state index in [1.807, 2.05) is 0 Å². The van der Waals surface area contributed by atoms with Crippen LogP contribution in [0.3, 0.4) is 0 Å². The SMILES string of the molecule is COC(=O)c1ccccc1Nc1ccc(NC(=O)c2ccc(Cl)cc2)cn1. The van der Waals surface area contributed by atoms with Crippen molar-refractivity contribution in [2.75, 3.05) is 17.7 Å². The zero-order valence-electron chi connectivity index (χ0n) is 14.4. The lowest BCUT2D eigenvalue weighted by Crippen LogP contribution is -2.12. The molecule has 2 N–H and O–H groups in total. The number of pyridine rings is 1. The van der Waals surface area contributed by atoms with Crippen LogP contribution in [0.2, 0.25) is 5.02 Å². The Bertz CT molecular complexity index is 957. The number of esters is 1. The average Bonchev–Trinajstić information content (AvgIpc) is 2.70. The summed E-state index contributed by atoms with van der Waals surface area (Å²) >= 11 is 5.82. The number of nitrogens with zero attached hydrogens (tertiary/aromatic N) is 1. The molecule has 0 aliphatic carbocycles. The Labute approximate surface area is 161 Å². The Hall–Kier alpha value is -3.38. The summed E-state index contributed by atoms with van der Waals surface area (Å²) in [4.78, 5) is 28.3. The molecule has 0 spiro atoms. The zero-order valence-corrected chi connectivity index (χ0v) is 15.2. The highest BCUT2D eigenvalue weighted by atomic mass is 35.5. The number of halogens is 1. The number of rotatable bonds is 5. The molecule has 6 nitrogen and oxygen atoms in total. The molecule has 3 rings (SSSR count). The second kappa shape index (κ2) is 8.33. The van der Waals surface area contributed by atoms with Crippen molar-refractivity contribution in [2.24, 2.45) is 0 Å². The van der Waals surface area contributed by atoms with Gasteiger partial charge in [0.15, 0.2) is 0 Å². The fourth-order valence-corrected chi connectivity index (χ4v) is 2.49. The molecule has 3 aromatic rings. The number of amides is 1. The van der Waals surface area contributed by atoms with Crippen LogP contribution in [0.25, 0.3) is 0 Å². The largest absolute Gasteiger partial charge is 0.465 e. The van der Waals surface area contributed by atoms with E-state index in [2.05, 4.69) is 15.6 Å². The average molecular weight is 382 g/mol. The van der Waals surface area contributed by atoms with Crippen molar-refractivity contribution in [3.63, 3.8) is 0 Å². The first kappa shape index (κ1) is 18.4. The van der Waals surface area contributed by atoms with Gasteiger partial charge in [-0.2, -0.15) is 0 Å². The third-order valence-corrected chi connectivity index (χ3v) is 3.97. The van der Waals surface area contributed by atoms with Gasteiger partial charge in [0.25, 0.3) is 5.91 Å². The van der Waals surface area contributed by atoms with Gasteiger partial charge in [0.05, 0.1) is 30.2 Å². The highest BCUT2D eigenvalue weighted by molar-refractivity contribution is 6.30.